The second-order valence-corrected chi connectivity index (χ2v) is 2.84. The third-order valence-corrected chi connectivity index (χ3v) is 1.84. The third kappa shape index (κ3) is 1.69. The second-order valence-electron chi connectivity index (χ2n) is 2.84. The number of nitrogens with zero attached hydrogens (tertiary/aromatic N) is 2. The predicted molar refractivity (Wildman–Crippen MR) is 52.3 cm³/mol. The van der Waals surface area contributed by atoms with Crippen molar-refractivity contribution in [1.82, 2.24) is 10.4 Å². The molecule has 2 rings (SSSR count). The van der Waals surface area contributed by atoms with Crippen LogP contribution in [0.4, 0.5) is 11.4 Å². The first-order valence-electron chi connectivity index (χ1n) is 4.09. The fourth-order valence-electron chi connectivity index (χ4n) is 1.17. The number of pyridine rings is 1. The third-order valence-electron chi connectivity index (χ3n) is 1.84. The molecule has 0 aromatic carbocycles. The predicted octanol–water partition coefficient (Wildman–Crippen LogP) is 0.381. The highest BCUT2D eigenvalue weighted by molar-refractivity contribution is 5.67. The van der Waals surface area contributed by atoms with Gasteiger partial charge in [-0.05, 0) is 6.07 Å². The molecule has 0 aliphatic carbocycles. The van der Waals surface area contributed by atoms with Crippen LogP contribution in [0.2, 0.25) is 0 Å². The van der Waals surface area contributed by atoms with E-state index in [1.54, 1.807) is 12.4 Å². The highest BCUT2D eigenvalue weighted by Crippen LogP contribution is 2.16. The van der Waals surface area contributed by atoms with Gasteiger partial charge in [0.2, 0.25) is 0 Å². The van der Waals surface area contributed by atoms with Gasteiger partial charge in [0.25, 0.3) is 0 Å². The normalized spacial score (nSPS) is 19.8. The van der Waals surface area contributed by atoms with Crippen LogP contribution in [0.3, 0.4) is 0 Å². The standard InChI is InChI=1S/C8H11N5/c9-6-5-10-3-1-7(6)12-8-2-4-11-13-8/h1,3-5,8,13H,2,9H2,(H,10,12). The Bertz CT molecular complexity index is 314. The molecule has 0 radical (unpaired) electrons. The van der Waals surface area contributed by atoms with Crippen LogP contribution in [0.5, 0.6) is 0 Å². The summed E-state index contributed by atoms with van der Waals surface area (Å²) in [6, 6.07) is 1.84. The van der Waals surface area contributed by atoms with Crippen LogP contribution >= 0.6 is 0 Å². The first-order chi connectivity index (χ1) is 6.36. The van der Waals surface area contributed by atoms with E-state index in [1.807, 2.05) is 12.3 Å². The summed E-state index contributed by atoms with van der Waals surface area (Å²) >= 11 is 0. The Morgan fingerprint density at radius 1 is 1.62 bits per heavy atom. The summed E-state index contributed by atoms with van der Waals surface area (Å²) in [5, 5.41) is 7.10. The minimum Gasteiger partial charge on any atom is -0.396 e. The molecule has 1 aliphatic heterocycles. The maximum atomic E-state index is 5.71. The van der Waals surface area contributed by atoms with E-state index in [0.29, 0.717) is 5.69 Å². The van der Waals surface area contributed by atoms with E-state index < -0.39 is 0 Å². The van der Waals surface area contributed by atoms with Gasteiger partial charge in [-0.2, -0.15) is 5.10 Å². The molecular formula is C8H11N5. The summed E-state index contributed by atoms with van der Waals surface area (Å²) in [7, 11) is 0. The zero-order chi connectivity index (χ0) is 9.10. The molecule has 5 nitrogen and oxygen atoms in total. The Hall–Kier alpha value is -1.78. The van der Waals surface area contributed by atoms with E-state index in [-0.39, 0.29) is 6.17 Å². The molecule has 68 valence electrons. The minimum absolute atomic E-state index is 0.143. The molecule has 0 saturated heterocycles. The number of hydrogen-bond acceptors (Lipinski definition) is 5. The molecule has 0 saturated carbocycles. The van der Waals surface area contributed by atoms with Crippen molar-refractivity contribution in [3.05, 3.63) is 18.5 Å². The van der Waals surface area contributed by atoms with Gasteiger partial charge in [0.1, 0.15) is 6.17 Å². The van der Waals surface area contributed by atoms with Gasteiger partial charge in [0.05, 0.1) is 17.6 Å². The number of hydrogen-bond donors (Lipinski definition) is 3. The number of nitrogens with two attached hydrogens (primary N) is 1. The summed E-state index contributed by atoms with van der Waals surface area (Å²) in [5.74, 6) is 0. The van der Waals surface area contributed by atoms with Crippen molar-refractivity contribution >= 4 is 17.6 Å². The van der Waals surface area contributed by atoms with E-state index in [9.17, 15) is 0 Å². The van der Waals surface area contributed by atoms with Crippen LogP contribution in [0.15, 0.2) is 23.6 Å². The molecule has 1 aromatic rings. The number of aromatic nitrogens is 1. The van der Waals surface area contributed by atoms with Crippen LogP contribution in [0.1, 0.15) is 6.42 Å². The summed E-state index contributed by atoms with van der Waals surface area (Å²) in [4.78, 5) is 3.90. The number of nitrogens with one attached hydrogen (secondary N) is 2. The maximum absolute atomic E-state index is 5.71. The first kappa shape index (κ1) is 7.85. The van der Waals surface area contributed by atoms with Gasteiger partial charge in [-0.25, -0.2) is 0 Å². The molecule has 1 unspecified atom stereocenters. The Morgan fingerprint density at radius 3 is 3.23 bits per heavy atom. The fraction of sp³-hybridized carbons (Fsp3) is 0.250. The molecule has 5 heteroatoms. The lowest BCUT2D eigenvalue weighted by Gasteiger charge is -2.14. The molecular weight excluding hydrogens is 166 g/mol. The van der Waals surface area contributed by atoms with E-state index in [4.69, 9.17) is 5.73 Å². The van der Waals surface area contributed by atoms with E-state index in [1.165, 1.54) is 0 Å². The van der Waals surface area contributed by atoms with E-state index in [2.05, 4.69) is 20.8 Å². The SMILES string of the molecule is Nc1cnccc1NC1CC=NN1. The van der Waals surface area contributed by atoms with E-state index in [0.717, 1.165) is 12.1 Å². The molecule has 0 amide bonds. The molecule has 1 aliphatic rings. The highest BCUT2D eigenvalue weighted by Gasteiger charge is 2.10. The molecule has 13 heavy (non-hydrogen) atoms. The largest absolute Gasteiger partial charge is 0.396 e. The van der Waals surface area contributed by atoms with Crippen LogP contribution < -0.4 is 16.5 Å². The van der Waals surface area contributed by atoms with Crippen molar-refractivity contribution in [2.75, 3.05) is 11.1 Å². The summed E-state index contributed by atoms with van der Waals surface area (Å²) in [5.41, 5.74) is 10.2. The van der Waals surface area contributed by atoms with E-state index >= 15 is 0 Å². The highest BCUT2D eigenvalue weighted by atomic mass is 15.4. The van der Waals surface area contributed by atoms with Crippen molar-refractivity contribution in [2.45, 2.75) is 12.6 Å². The van der Waals surface area contributed by atoms with Crippen molar-refractivity contribution in [2.24, 2.45) is 5.10 Å². The zero-order valence-electron chi connectivity index (χ0n) is 7.07. The molecule has 0 spiro atoms. The zero-order valence-corrected chi connectivity index (χ0v) is 7.07. The van der Waals surface area contributed by atoms with Crippen molar-refractivity contribution in [3.8, 4) is 0 Å². The van der Waals surface area contributed by atoms with Gasteiger partial charge in [-0.3, -0.25) is 10.4 Å². The van der Waals surface area contributed by atoms with Crippen molar-refractivity contribution in [3.63, 3.8) is 0 Å². The van der Waals surface area contributed by atoms with Crippen LogP contribution in [-0.2, 0) is 0 Å². The summed E-state index contributed by atoms with van der Waals surface area (Å²) in [6.07, 6.45) is 6.16. The lowest BCUT2D eigenvalue weighted by atomic mass is 10.3. The molecule has 4 N–H and O–H groups in total. The number of rotatable bonds is 2. The van der Waals surface area contributed by atoms with Gasteiger partial charge in [0, 0.05) is 18.8 Å². The average Bonchev–Trinajstić information content (AvgIpc) is 2.61. The number of anilines is 2. The van der Waals surface area contributed by atoms with Gasteiger partial charge in [-0.1, -0.05) is 0 Å². The molecule has 2 heterocycles. The maximum Gasteiger partial charge on any atom is 0.118 e. The fourth-order valence-corrected chi connectivity index (χ4v) is 1.17. The molecule has 0 fully saturated rings. The van der Waals surface area contributed by atoms with Gasteiger partial charge >= 0.3 is 0 Å². The lowest BCUT2D eigenvalue weighted by Crippen LogP contribution is -2.28. The monoisotopic (exact) mass is 177 g/mol. The first-order valence-corrected chi connectivity index (χ1v) is 4.09. The quantitative estimate of drug-likeness (QED) is 0.610. The Balaban J connectivity index is 2.05. The Kier molecular flexibility index (Phi) is 1.99. The molecule has 1 aromatic heterocycles. The van der Waals surface area contributed by atoms with Crippen molar-refractivity contribution < 1.29 is 0 Å². The number of nitrogen functional groups attached to an aromatic ring is 1. The van der Waals surface area contributed by atoms with Gasteiger partial charge in [0.15, 0.2) is 0 Å². The van der Waals surface area contributed by atoms with Crippen LogP contribution in [0.25, 0.3) is 0 Å². The smallest absolute Gasteiger partial charge is 0.118 e. The number of hydrazone groups is 1. The molecule has 1 atom stereocenters. The molecule has 0 bridgehead atoms. The Morgan fingerprint density at radius 2 is 2.54 bits per heavy atom. The lowest BCUT2D eigenvalue weighted by molar-refractivity contribution is 0.650. The average molecular weight is 177 g/mol. The minimum atomic E-state index is 0.143. The summed E-state index contributed by atoms with van der Waals surface area (Å²) in [6.45, 7) is 0. The second kappa shape index (κ2) is 3.30. The van der Waals surface area contributed by atoms with Gasteiger partial charge in [-0.15, -0.1) is 0 Å². The van der Waals surface area contributed by atoms with Crippen LogP contribution in [0, 0.1) is 0 Å². The van der Waals surface area contributed by atoms with Gasteiger partial charge < -0.3 is 11.1 Å². The summed E-state index contributed by atoms with van der Waals surface area (Å²) < 4.78 is 0. The topological polar surface area (TPSA) is 75.3 Å². The Labute approximate surface area is 76.0 Å². The van der Waals surface area contributed by atoms with Crippen molar-refractivity contribution in [1.29, 1.82) is 0 Å². The van der Waals surface area contributed by atoms with Crippen LogP contribution in [-0.4, -0.2) is 17.4 Å².